The lowest BCUT2D eigenvalue weighted by molar-refractivity contribution is -0.0514. The molecule has 2 rings (SSSR count). The van der Waals surface area contributed by atoms with Crippen molar-refractivity contribution < 1.29 is 4.74 Å². The first kappa shape index (κ1) is 17.3. The largest absolute Gasteiger partial charge is 0.376 e. The Labute approximate surface area is 125 Å². The molecule has 0 N–H and O–H groups in total. The van der Waals surface area contributed by atoms with Gasteiger partial charge in [0.2, 0.25) is 0 Å². The standard InChI is InChI=1S/C16H31NO.ClH/c1-6-17(7-2)10-11-18-14-12-13-8-9-16(14,5)15(13,3)4;/h13-14H,6-12H2,1-5H3;1H. The van der Waals surface area contributed by atoms with E-state index in [1.807, 2.05) is 0 Å². The van der Waals surface area contributed by atoms with Crippen LogP contribution in [0, 0.1) is 16.7 Å². The Morgan fingerprint density at radius 3 is 2.21 bits per heavy atom. The molecule has 19 heavy (non-hydrogen) atoms. The van der Waals surface area contributed by atoms with Gasteiger partial charge in [0.15, 0.2) is 0 Å². The first-order valence-corrected chi connectivity index (χ1v) is 7.79. The van der Waals surface area contributed by atoms with E-state index in [2.05, 4.69) is 39.5 Å². The van der Waals surface area contributed by atoms with E-state index in [9.17, 15) is 0 Å². The molecule has 0 heterocycles. The predicted octanol–water partition coefficient (Wildman–Crippen LogP) is 3.98. The zero-order chi connectivity index (χ0) is 13.4. The second kappa shape index (κ2) is 6.32. The van der Waals surface area contributed by atoms with Crippen molar-refractivity contribution in [3.63, 3.8) is 0 Å². The molecule has 2 fully saturated rings. The van der Waals surface area contributed by atoms with Crippen molar-refractivity contribution in [3.05, 3.63) is 0 Å². The number of ether oxygens (including phenoxy) is 1. The van der Waals surface area contributed by atoms with Crippen molar-refractivity contribution in [1.29, 1.82) is 0 Å². The zero-order valence-electron chi connectivity index (χ0n) is 13.4. The molecule has 0 saturated heterocycles. The Balaban J connectivity index is 0.00000180. The van der Waals surface area contributed by atoms with Crippen molar-refractivity contribution >= 4 is 12.4 Å². The maximum atomic E-state index is 6.27. The molecule has 2 bridgehead atoms. The van der Waals surface area contributed by atoms with Crippen molar-refractivity contribution in [2.24, 2.45) is 16.7 Å². The third kappa shape index (κ3) is 2.82. The summed E-state index contributed by atoms with van der Waals surface area (Å²) in [6.07, 6.45) is 4.57. The zero-order valence-corrected chi connectivity index (χ0v) is 14.2. The first-order chi connectivity index (χ1) is 8.45. The van der Waals surface area contributed by atoms with E-state index >= 15 is 0 Å². The normalized spacial score (nSPS) is 35.7. The van der Waals surface area contributed by atoms with Crippen molar-refractivity contribution in [1.82, 2.24) is 4.90 Å². The van der Waals surface area contributed by atoms with Gasteiger partial charge in [-0.1, -0.05) is 34.6 Å². The summed E-state index contributed by atoms with van der Waals surface area (Å²) in [7, 11) is 0. The monoisotopic (exact) mass is 289 g/mol. The van der Waals surface area contributed by atoms with Gasteiger partial charge < -0.3 is 9.64 Å². The highest BCUT2D eigenvalue weighted by Gasteiger charge is 2.61. The van der Waals surface area contributed by atoms with Crippen LogP contribution in [-0.4, -0.2) is 37.2 Å². The quantitative estimate of drug-likeness (QED) is 0.733. The number of hydrogen-bond acceptors (Lipinski definition) is 2. The lowest BCUT2D eigenvalue weighted by Gasteiger charge is -2.39. The second-order valence-electron chi connectivity index (χ2n) is 7.00. The molecular weight excluding hydrogens is 258 g/mol. The fourth-order valence-corrected chi connectivity index (χ4v) is 4.25. The summed E-state index contributed by atoms with van der Waals surface area (Å²) in [6, 6.07) is 0. The fraction of sp³-hybridized carbons (Fsp3) is 1.00. The number of hydrogen-bond donors (Lipinski definition) is 0. The summed E-state index contributed by atoms with van der Waals surface area (Å²) >= 11 is 0. The van der Waals surface area contributed by atoms with Crippen LogP contribution in [0.3, 0.4) is 0 Å². The van der Waals surface area contributed by atoms with Crippen molar-refractivity contribution in [2.75, 3.05) is 26.2 Å². The van der Waals surface area contributed by atoms with E-state index in [0.29, 0.717) is 16.9 Å². The average Bonchev–Trinajstić information content (AvgIpc) is 2.67. The lowest BCUT2D eigenvalue weighted by atomic mass is 9.70. The van der Waals surface area contributed by atoms with Crippen LogP contribution < -0.4 is 0 Å². The molecule has 2 aliphatic carbocycles. The molecule has 114 valence electrons. The number of halogens is 1. The van der Waals surface area contributed by atoms with Gasteiger partial charge in [0.05, 0.1) is 12.7 Å². The lowest BCUT2D eigenvalue weighted by Crippen LogP contribution is -2.38. The third-order valence-corrected chi connectivity index (χ3v) is 6.33. The van der Waals surface area contributed by atoms with Crippen LogP contribution in [0.15, 0.2) is 0 Å². The molecule has 0 aliphatic heterocycles. The van der Waals surface area contributed by atoms with E-state index in [1.54, 1.807) is 0 Å². The van der Waals surface area contributed by atoms with Gasteiger partial charge in [-0.25, -0.2) is 0 Å². The number of likely N-dealkylation sites (N-methyl/N-ethyl adjacent to an activating group) is 1. The molecule has 3 atom stereocenters. The predicted molar refractivity (Wildman–Crippen MR) is 84.0 cm³/mol. The minimum Gasteiger partial charge on any atom is -0.376 e. The number of rotatable bonds is 6. The van der Waals surface area contributed by atoms with E-state index < -0.39 is 0 Å². The third-order valence-electron chi connectivity index (χ3n) is 6.33. The minimum atomic E-state index is 0. The molecule has 0 aromatic heterocycles. The molecule has 2 nitrogen and oxygen atoms in total. The summed E-state index contributed by atoms with van der Waals surface area (Å²) in [5.41, 5.74) is 0.897. The Bertz CT molecular complexity index is 290. The molecule has 2 aliphatic rings. The SMILES string of the molecule is CCN(CC)CCOC1CC2CCC1(C)C2(C)C.Cl. The van der Waals surface area contributed by atoms with Gasteiger partial charge in [0, 0.05) is 6.54 Å². The van der Waals surface area contributed by atoms with Gasteiger partial charge in [0.25, 0.3) is 0 Å². The molecule has 0 amide bonds. The highest BCUT2D eigenvalue weighted by atomic mass is 35.5. The van der Waals surface area contributed by atoms with E-state index in [1.165, 1.54) is 19.3 Å². The highest BCUT2D eigenvalue weighted by Crippen LogP contribution is 2.66. The maximum absolute atomic E-state index is 6.27. The Hall–Kier alpha value is 0.210. The second-order valence-corrected chi connectivity index (χ2v) is 7.00. The number of fused-ring (bicyclic) bond motifs is 2. The van der Waals surface area contributed by atoms with Gasteiger partial charge in [-0.2, -0.15) is 0 Å². The van der Waals surface area contributed by atoms with Crippen LogP contribution in [-0.2, 0) is 4.74 Å². The molecule has 0 aromatic carbocycles. The summed E-state index contributed by atoms with van der Waals surface area (Å²) in [4.78, 5) is 2.45. The molecule has 2 saturated carbocycles. The average molecular weight is 290 g/mol. The van der Waals surface area contributed by atoms with Gasteiger partial charge in [0.1, 0.15) is 0 Å². The summed E-state index contributed by atoms with van der Waals surface area (Å²) < 4.78 is 6.27. The highest BCUT2D eigenvalue weighted by molar-refractivity contribution is 5.85. The van der Waals surface area contributed by atoms with Crippen LogP contribution in [0.4, 0.5) is 0 Å². The molecule has 0 radical (unpaired) electrons. The molecule has 3 heteroatoms. The van der Waals surface area contributed by atoms with Crippen molar-refractivity contribution in [3.8, 4) is 0 Å². The van der Waals surface area contributed by atoms with Crippen LogP contribution >= 0.6 is 12.4 Å². The first-order valence-electron chi connectivity index (χ1n) is 7.79. The summed E-state index contributed by atoms with van der Waals surface area (Å²) in [5.74, 6) is 0.890. The fourth-order valence-electron chi connectivity index (χ4n) is 4.25. The van der Waals surface area contributed by atoms with Crippen LogP contribution in [0.25, 0.3) is 0 Å². The summed E-state index contributed by atoms with van der Waals surface area (Å²) in [6.45, 7) is 16.1. The Morgan fingerprint density at radius 2 is 1.79 bits per heavy atom. The molecule has 0 spiro atoms. The van der Waals surface area contributed by atoms with Crippen LogP contribution in [0.5, 0.6) is 0 Å². The Morgan fingerprint density at radius 1 is 1.16 bits per heavy atom. The molecule has 0 aromatic rings. The minimum absolute atomic E-state index is 0. The van der Waals surface area contributed by atoms with Crippen LogP contribution in [0.1, 0.15) is 53.9 Å². The van der Waals surface area contributed by atoms with E-state index in [-0.39, 0.29) is 12.4 Å². The van der Waals surface area contributed by atoms with Gasteiger partial charge in [-0.05, 0) is 49.1 Å². The topological polar surface area (TPSA) is 12.5 Å². The molecule has 3 unspecified atom stereocenters. The van der Waals surface area contributed by atoms with Gasteiger partial charge in [-0.15, -0.1) is 12.4 Å². The maximum Gasteiger partial charge on any atom is 0.0637 e. The Kier molecular flexibility index (Phi) is 5.74. The molecular formula is C16H32ClNO. The number of nitrogens with zero attached hydrogens (tertiary/aromatic N) is 1. The van der Waals surface area contributed by atoms with Crippen molar-refractivity contribution in [2.45, 2.75) is 60.0 Å². The van der Waals surface area contributed by atoms with Gasteiger partial charge >= 0.3 is 0 Å². The van der Waals surface area contributed by atoms with E-state index in [4.69, 9.17) is 4.74 Å². The van der Waals surface area contributed by atoms with Crippen LogP contribution in [0.2, 0.25) is 0 Å². The van der Waals surface area contributed by atoms with E-state index in [0.717, 1.165) is 32.2 Å². The summed E-state index contributed by atoms with van der Waals surface area (Å²) in [5, 5.41) is 0. The van der Waals surface area contributed by atoms with Gasteiger partial charge in [-0.3, -0.25) is 0 Å². The smallest absolute Gasteiger partial charge is 0.0637 e.